The molecule has 1 heterocycles. The third-order valence-corrected chi connectivity index (χ3v) is 2.32. The second kappa shape index (κ2) is 7.28. The number of nitro benzene ring substituents is 1. The highest BCUT2D eigenvalue weighted by Gasteiger charge is 2.07. The summed E-state index contributed by atoms with van der Waals surface area (Å²) in [5.74, 6) is -1.09. The zero-order valence-electron chi connectivity index (χ0n) is 10.9. The molecule has 0 fully saturated rings. The number of carbonyl (C=O) groups is 1. The third-order valence-electron chi connectivity index (χ3n) is 2.32. The number of nitro groups is 2. The Morgan fingerprint density at radius 1 is 0.909 bits per heavy atom. The molecule has 0 saturated carbocycles. The number of non-ortho nitro benzene ring substituents is 1. The number of benzene rings is 1. The van der Waals surface area contributed by atoms with Gasteiger partial charge in [0.15, 0.2) is 12.4 Å². The molecule has 0 atom stereocenters. The Hall–Kier alpha value is -3.56. The Labute approximate surface area is 122 Å². The van der Waals surface area contributed by atoms with Crippen LogP contribution in [0.5, 0.6) is 0 Å². The lowest BCUT2D eigenvalue weighted by molar-refractivity contribution is -0.606. The van der Waals surface area contributed by atoms with Crippen molar-refractivity contribution in [1.29, 1.82) is 0 Å². The Kier molecular flexibility index (Phi) is 5.46. The van der Waals surface area contributed by atoms with Gasteiger partial charge < -0.3 is 10.3 Å². The highest BCUT2D eigenvalue weighted by atomic mass is 16.6. The summed E-state index contributed by atoms with van der Waals surface area (Å²) in [6.45, 7) is 0. The average molecular weight is 307 g/mol. The molecule has 2 rings (SSSR count). The van der Waals surface area contributed by atoms with Gasteiger partial charge in [0, 0.05) is 12.1 Å². The summed E-state index contributed by atoms with van der Waals surface area (Å²) in [5, 5.41) is 38.9. The fourth-order valence-corrected chi connectivity index (χ4v) is 1.25. The topological polar surface area (TPSA) is 151 Å². The van der Waals surface area contributed by atoms with Crippen LogP contribution in [0.2, 0.25) is 0 Å². The fraction of sp³-hybridized carbons (Fsp3) is 0. The van der Waals surface area contributed by atoms with Crippen LogP contribution in [0.25, 0.3) is 0 Å². The Morgan fingerprint density at radius 2 is 1.32 bits per heavy atom. The molecule has 10 nitrogen and oxygen atoms in total. The fourth-order valence-electron chi connectivity index (χ4n) is 1.25. The first-order valence-electron chi connectivity index (χ1n) is 5.62. The van der Waals surface area contributed by atoms with Gasteiger partial charge in [0.25, 0.3) is 11.4 Å². The van der Waals surface area contributed by atoms with Crippen molar-refractivity contribution in [3.8, 4) is 0 Å². The van der Waals surface area contributed by atoms with Crippen LogP contribution in [0.15, 0.2) is 48.8 Å². The van der Waals surface area contributed by atoms with E-state index in [-0.39, 0.29) is 16.9 Å². The Bertz CT molecular complexity index is 650. The zero-order valence-corrected chi connectivity index (χ0v) is 10.9. The molecule has 10 heteroatoms. The molecule has 0 aliphatic rings. The van der Waals surface area contributed by atoms with Crippen LogP contribution in [-0.2, 0) is 0 Å². The first-order chi connectivity index (χ1) is 10.3. The van der Waals surface area contributed by atoms with Gasteiger partial charge in [0.05, 0.1) is 27.5 Å². The van der Waals surface area contributed by atoms with Crippen LogP contribution in [0.3, 0.4) is 0 Å². The maximum absolute atomic E-state index is 10.3. The summed E-state index contributed by atoms with van der Waals surface area (Å²) in [7, 11) is 0. The average Bonchev–Trinajstić information content (AvgIpc) is 2.48. The summed E-state index contributed by atoms with van der Waals surface area (Å²) in [4.78, 5) is 29.3. The summed E-state index contributed by atoms with van der Waals surface area (Å²) in [6, 6.07) is 6.99. The molecule has 2 aromatic rings. The summed E-state index contributed by atoms with van der Waals surface area (Å²) in [6.07, 6.45) is 2.16. The van der Waals surface area contributed by atoms with E-state index in [0.717, 1.165) is 36.7 Å². The zero-order chi connectivity index (χ0) is 16.7. The largest absolute Gasteiger partial charge is 0.619 e. The lowest BCUT2D eigenvalue weighted by Gasteiger charge is -1.92. The maximum Gasteiger partial charge on any atom is 0.335 e. The summed E-state index contributed by atoms with van der Waals surface area (Å²) in [5.41, 5.74) is -0.146. The molecule has 0 spiro atoms. The highest BCUT2D eigenvalue weighted by Crippen LogP contribution is 2.11. The Morgan fingerprint density at radius 3 is 1.68 bits per heavy atom. The van der Waals surface area contributed by atoms with Crippen LogP contribution in [-0.4, -0.2) is 20.9 Å². The van der Waals surface area contributed by atoms with Crippen molar-refractivity contribution in [2.45, 2.75) is 0 Å². The van der Waals surface area contributed by atoms with Crippen molar-refractivity contribution < 1.29 is 24.5 Å². The van der Waals surface area contributed by atoms with Crippen LogP contribution < -0.4 is 4.73 Å². The molecule has 0 amide bonds. The number of carboxylic acids is 1. The van der Waals surface area contributed by atoms with E-state index in [1.807, 2.05) is 0 Å². The first-order valence-corrected chi connectivity index (χ1v) is 5.62. The summed E-state index contributed by atoms with van der Waals surface area (Å²) >= 11 is 0. The predicted octanol–water partition coefficient (Wildman–Crippen LogP) is 1.52. The molecule has 0 radical (unpaired) electrons. The molecule has 0 aliphatic heterocycles. The van der Waals surface area contributed by atoms with Gasteiger partial charge in [-0.25, -0.2) is 4.79 Å². The van der Waals surface area contributed by atoms with Crippen molar-refractivity contribution in [2.24, 2.45) is 0 Å². The minimum Gasteiger partial charge on any atom is -0.619 e. The molecular formula is C12H9N3O7. The van der Waals surface area contributed by atoms with Crippen LogP contribution >= 0.6 is 0 Å². The normalized spacial score (nSPS) is 9.27. The van der Waals surface area contributed by atoms with Crippen LogP contribution in [0.4, 0.5) is 11.4 Å². The van der Waals surface area contributed by atoms with E-state index in [2.05, 4.69) is 0 Å². The van der Waals surface area contributed by atoms with Gasteiger partial charge in [-0.15, -0.1) is 0 Å². The number of carboxylic acid groups (broad SMARTS) is 1. The molecule has 0 saturated heterocycles. The van der Waals surface area contributed by atoms with E-state index in [0.29, 0.717) is 4.73 Å². The van der Waals surface area contributed by atoms with Gasteiger partial charge in [0.2, 0.25) is 0 Å². The molecule has 1 aromatic heterocycles. The predicted molar refractivity (Wildman–Crippen MR) is 72.1 cm³/mol. The molecular weight excluding hydrogens is 298 g/mol. The Balaban J connectivity index is 0.000000224. The smallest absolute Gasteiger partial charge is 0.335 e. The SMILES string of the molecule is O=C(O)c1ccc([N+](=O)[O-])cc1.O=[N+]([O-])c1cc[n+]([O-])cc1. The number of nitrogens with zero attached hydrogens (tertiary/aromatic N) is 3. The number of aromatic nitrogens is 1. The van der Waals surface area contributed by atoms with E-state index in [9.17, 15) is 30.2 Å². The van der Waals surface area contributed by atoms with E-state index in [1.165, 1.54) is 12.1 Å². The van der Waals surface area contributed by atoms with Crippen molar-refractivity contribution in [2.75, 3.05) is 0 Å². The molecule has 114 valence electrons. The summed E-state index contributed by atoms with van der Waals surface area (Å²) < 4.78 is 0.493. The second-order valence-corrected chi connectivity index (χ2v) is 3.78. The molecule has 1 aromatic carbocycles. The van der Waals surface area contributed by atoms with E-state index in [4.69, 9.17) is 5.11 Å². The minimum absolute atomic E-state index is 0.0422. The van der Waals surface area contributed by atoms with Gasteiger partial charge in [-0.05, 0) is 12.1 Å². The lowest BCUT2D eigenvalue weighted by Crippen LogP contribution is -2.23. The van der Waals surface area contributed by atoms with Crippen molar-refractivity contribution in [1.82, 2.24) is 0 Å². The van der Waals surface area contributed by atoms with E-state index in [1.54, 1.807) is 0 Å². The van der Waals surface area contributed by atoms with E-state index >= 15 is 0 Å². The van der Waals surface area contributed by atoms with E-state index < -0.39 is 15.8 Å². The highest BCUT2D eigenvalue weighted by molar-refractivity contribution is 5.87. The van der Waals surface area contributed by atoms with Crippen molar-refractivity contribution in [3.63, 3.8) is 0 Å². The van der Waals surface area contributed by atoms with Crippen molar-refractivity contribution in [3.05, 3.63) is 79.8 Å². The maximum atomic E-state index is 10.3. The molecule has 0 aliphatic carbocycles. The number of aromatic carboxylic acids is 1. The van der Waals surface area contributed by atoms with Crippen LogP contribution in [0.1, 0.15) is 10.4 Å². The quantitative estimate of drug-likeness (QED) is 0.390. The number of pyridine rings is 1. The molecule has 22 heavy (non-hydrogen) atoms. The van der Waals surface area contributed by atoms with Gasteiger partial charge >= 0.3 is 5.97 Å². The monoisotopic (exact) mass is 307 g/mol. The van der Waals surface area contributed by atoms with Gasteiger partial charge in [-0.3, -0.25) is 20.2 Å². The number of rotatable bonds is 3. The van der Waals surface area contributed by atoms with Gasteiger partial charge in [0.1, 0.15) is 0 Å². The lowest BCUT2D eigenvalue weighted by atomic mass is 10.2. The minimum atomic E-state index is -1.09. The van der Waals surface area contributed by atoms with Gasteiger partial charge in [-0.1, -0.05) is 0 Å². The standard InChI is InChI=1S/C7H5NO4.C5H4N2O3/c9-7(10)5-1-3-6(4-2-5)8(11)12;8-6-3-1-5(2-4-6)7(9)10/h1-4H,(H,9,10);1-4H. The molecule has 0 bridgehead atoms. The van der Waals surface area contributed by atoms with Gasteiger partial charge in [-0.2, -0.15) is 4.73 Å². The second-order valence-electron chi connectivity index (χ2n) is 3.78. The first kappa shape index (κ1) is 16.5. The molecule has 1 N–H and O–H groups in total. The molecule has 0 unspecified atom stereocenters. The number of hydrogen-bond donors (Lipinski definition) is 1. The van der Waals surface area contributed by atoms with Crippen LogP contribution in [0, 0.1) is 25.4 Å². The van der Waals surface area contributed by atoms with Crippen molar-refractivity contribution >= 4 is 17.3 Å². The number of hydrogen-bond acceptors (Lipinski definition) is 6. The third kappa shape index (κ3) is 4.85.